The fourth-order valence-corrected chi connectivity index (χ4v) is 2.88. The standard InChI is InChI=1S/C18H24N4O3/c1-19-17(13-10-20-22(2)11-13)18(23)21-14-5-3-6-15(9-14)25-12-16-7-4-8-24-16/h3,5-6,9-11,16-17,19H,4,7-8,12H2,1-2H3,(H,21,23). The van der Waals surface area contributed by atoms with Gasteiger partial charge in [0.1, 0.15) is 18.4 Å². The van der Waals surface area contributed by atoms with Crippen molar-refractivity contribution >= 4 is 11.6 Å². The third-order valence-electron chi connectivity index (χ3n) is 4.17. The Hall–Kier alpha value is -2.38. The molecule has 1 aromatic heterocycles. The molecule has 2 atom stereocenters. The molecule has 1 aliphatic rings. The van der Waals surface area contributed by atoms with Crippen molar-refractivity contribution in [2.24, 2.45) is 7.05 Å². The summed E-state index contributed by atoms with van der Waals surface area (Å²) in [4.78, 5) is 12.6. The number of rotatable bonds is 7. The van der Waals surface area contributed by atoms with Gasteiger partial charge in [-0.3, -0.25) is 9.48 Å². The molecule has 0 saturated carbocycles. The summed E-state index contributed by atoms with van der Waals surface area (Å²) in [6.45, 7) is 1.34. The van der Waals surface area contributed by atoms with E-state index >= 15 is 0 Å². The molecule has 0 aliphatic carbocycles. The van der Waals surface area contributed by atoms with Crippen LogP contribution < -0.4 is 15.4 Å². The molecular weight excluding hydrogens is 320 g/mol. The number of aryl methyl sites for hydroxylation is 1. The van der Waals surface area contributed by atoms with Gasteiger partial charge in [0, 0.05) is 37.2 Å². The van der Waals surface area contributed by atoms with Crippen LogP contribution in [0.1, 0.15) is 24.4 Å². The number of ether oxygens (including phenoxy) is 2. The van der Waals surface area contributed by atoms with Crippen molar-refractivity contribution in [2.75, 3.05) is 25.6 Å². The van der Waals surface area contributed by atoms with E-state index in [1.54, 1.807) is 17.9 Å². The maximum absolute atomic E-state index is 12.6. The van der Waals surface area contributed by atoms with E-state index in [4.69, 9.17) is 9.47 Å². The van der Waals surface area contributed by atoms with Crippen LogP contribution >= 0.6 is 0 Å². The maximum Gasteiger partial charge on any atom is 0.246 e. The van der Waals surface area contributed by atoms with Gasteiger partial charge in [0.2, 0.25) is 5.91 Å². The number of hydrogen-bond donors (Lipinski definition) is 2. The summed E-state index contributed by atoms with van der Waals surface area (Å²) in [7, 11) is 3.57. The lowest BCUT2D eigenvalue weighted by Gasteiger charge is -2.16. The Kier molecular flexibility index (Phi) is 5.67. The zero-order chi connectivity index (χ0) is 17.6. The van der Waals surface area contributed by atoms with E-state index in [2.05, 4.69) is 15.7 Å². The first-order chi connectivity index (χ1) is 12.2. The largest absolute Gasteiger partial charge is 0.491 e. The number of carbonyl (C=O) groups is 1. The molecular formula is C18H24N4O3. The van der Waals surface area contributed by atoms with Crippen LogP contribution in [0.3, 0.4) is 0 Å². The van der Waals surface area contributed by atoms with Gasteiger partial charge in [0.05, 0.1) is 12.3 Å². The Morgan fingerprint density at radius 3 is 3.08 bits per heavy atom. The van der Waals surface area contributed by atoms with Crippen molar-refractivity contribution in [3.05, 3.63) is 42.2 Å². The van der Waals surface area contributed by atoms with E-state index in [0.717, 1.165) is 30.8 Å². The second-order valence-corrected chi connectivity index (χ2v) is 6.13. The number of carbonyl (C=O) groups excluding carboxylic acids is 1. The van der Waals surface area contributed by atoms with Gasteiger partial charge in [0.25, 0.3) is 0 Å². The lowest BCUT2D eigenvalue weighted by atomic mass is 10.1. The molecule has 7 nitrogen and oxygen atoms in total. The molecule has 2 aromatic rings. The summed E-state index contributed by atoms with van der Waals surface area (Å²) in [6.07, 6.45) is 5.79. The van der Waals surface area contributed by atoms with Crippen molar-refractivity contribution in [1.82, 2.24) is 15.1 Å². The quantitative estimate of drug-likeness (QED) is 0.802. The topological polar surface area (TPSA) is 77.4 Å². The highest BCUT2D eigenvalue weighted by atomic mass is 16.5. The van der Waals surface area contributed by atoms with Crippen molar-refractivity contribution in [3.63, 3.8) is 0 Å². The van der Waals surface area contributed by atoms with Gasteiger partial charge in [-0.2, -0.15) is 5.10 Å². The SMILES string of the molecule is CNC(C(=O)Nc1cccc(OCC2CCCO2)c1)c1cnn(C)c1. The lowest BCUT2D eigenvalue weighted by Crippen LogP contribution is -2.30. The minimum absolute atomic E-state index is 0.147. The van der Waals surface area contributed by atoms with Crippen LogP contribution in [-0.4, -0.2) is 42.1 Å². The maximum atomic E-state index is 12.6. The average molecular weight is 344 g/mol. The summed E-state index contributed by atoms with van der Waals surface area (Å²) in [5, 5.41) is 10.1. The summed E-state index contributed by atoms with van der Waals surface area (Å²) in [5.41, 5.74) is 1.51. The third kappa shape index (κ3) is 4.58. The van der Waals surface area contributed by atoms with E-state index in [1.807, 2.05) is 37.5 Å². The number of anilines is 1. The van der Waals surface area contributed by atoms with Crippen molar-refractivity contribution in [3.8, 4) is 5.75 Å². The number of nitrogens with one attached hydrogen (secondary N) is 2. The van der Waals surface area contributed by atoms with Crippen molar-refractivity contribution < 1.29 is 14.3 Å². The van der Waals surface area contributed by atoms with Gasteiger partial charge in [-0.1, -0.05) is 6.07 Å². The Morgan fingerprint density at radius 1 is 1.52 bits per heavy atom. The predicted octanol–water partition coefficient (Wildman–Crippen LogP) is 1.88. The van der Waals surface area contributed by atoms with E-state index in [-0.39, 0.29) is 12.0 Å². The monoisotopic (exact) mass is 344 g/mol. The smallest absolute Gasteiger partial charge is 0.246 e. The summed E-state index contributed by atoms with van der Waals surface area (Å²) < 4.78 is 13.0. The molecule has 134 valence electrons. The third-order valence-corrected chi connectivity index (χ3v) is 4.17. The van der Waals surface area contributed by atoms with Gasteiger partial charge in [0.15, 0.2) is 0 Å². The molecule has 3 rings (SSSR count). The highest BCUT2D eigenvalue weighted by Gasteiger charge is 2.20. The fourth-order valence-electron chi connectivity index (χ4n) is 2.88. The summed E-state index contributed by atoms with van der Waals surface area (Å²) >= 11 is 0. The van der Waals surface area contributed by atoms with E-state index < -0.39 is 6.04 Å². The minimum Gasteiger partial charge on any atom is -0.491 e. The van der Waals surface area contributed by atoms with Crippen molar-refractivity contribution in [2.45, 2.75) is 25.0 Å². The molecule has 1 amide bonds. The predicted molar refractivity (Wildman–Crippen MR) is 94.5 cm³/mol. The van der Waals surface area contributed by atoms with Crippen molar-refractivity contribution in [1.29, 1.82) is 0 Å². The van der Waals surface area contributed by atoms with E-state index in [1.165, 1.54) is 0 Å². The van der Waals surface area contributed by atoms with Crippen LogP contribution in [0.2, 0.25) is 0 Å². The minimum atomic E-state index is -0.467. The molecule has 1 aliphatic heterocycles. The Labute approximate surface area is 147 Å². The second kappa shape index (κ2) is 8.13. The number of nitrogens with zero attached hydrogens (tertiary/aromatic N) is 2. The Bertz CT molecular complexity index is 710. The Balaban J connectivity index is 1.61. The first-order valence-corrected chi connectivity index (χ1v) is 8.47. The molecule has 7 heteroatoms. The molecule has 1 fully saturated rings. The molecule has 25 heavy (non-hydrogen) atoms. The van der Waals surface area contributed by atoms with E-state index in [9.17, 15) is 4.79 Å². The van der Waals surface area contributed by atoms with Gasteiger partial charge >= 0.3 is 0 Å². The zero-order valence-corrected chi connectivity index (χ0v) is 14.6. The van der Waals surface area contributed by atoms with Crippen LogP contribution in [0.25, 0.3) is 0 Å². The zero-order valence-electron chi connectivity index (χ0n) is 14.6. The molecule has 1 saturated heterocycles. The highest BCUT2D eigenvalue weighted by Crippen LogP contribution is 2.21. The molecule has 0 radical (unpaired) electrons. The summed E-state index contributed by atoms with van der Waals surface area (Å²) in [5.74, 6) is 0.572. The second-order valence-electron chi connectivity index (χ2n) is 6.13. The number of aromatic nitrogens is 2. The Morgan fingerprint density at radius 2 is 2.40 bits per heavy atom. The first kappa shape index (κ1) is 17.4. The van der Waals surface area contributed by atoms with Gasteiger partial charge in [-0.15, -0.1) is 0 Å². The number of hydrogen-bond acceptors (Lipinski definition) is 5. The van der Waals surface area contributed by atoms with Crippen LogP contribution in [0, 0.1) is 0 Å². The highest BCUT2D eigenvalue weighted by molar-refractivity contribution is 5.95. The molecule has 1 aromatic carbocycles. The molecule has 2 heterocycles. The molecule has 0 bridgehead atoms. The first-order valence-electron chi connectivity index (χ1n) is 8.47. The number of likely N-dealkylation sites (N-methyl/N-ethyl adjacent to an activating group) is 1. The fraction of sp³-hybridized carbons (Fsp3) is 0.444. The summed E-state index contributed by atoms with van der Waals surface area (Å²) in [6, 6.07) is 6.93. The van der Waals surface area contributed by atoms with E-state index in [0.29, 0.717) is 12.3 Å². The van der Waals surface area contributed by atoms with Crippen LogP contribution in [-0.2, 0) is 16.6 Å². The van der Waals surface area contributed by atoms with Gasteiger partial charge in [-0.25, -0.2) is 0 Å². The average Bonchev–Trinajstić information content (AvgIpc) is 3.26. The lowest BCUT2D eigenvalue weighted by molar-refractivity contribution is -0.118. The molecule has 2 unspecified atom stereocenters. The van der Waals surface area contributed by atoms with Crippen LogP contribution in [0.5, 0.6) is 5.75 Å². The number of benzene rings is 1. The molecule has 0 spiro atoms. The number of amides is 1. The normalized spacial score (nSPS) is 18.1. The van der Waals surface area contributed by atoms with Crippen LogP contribution in [0.15, 0.2) is 36.7 Å². The molecule has 2 N–H and O–H groups in total. The van der Waals surface area contributed by atoms with Gasteiger partial charge < -0.3 is 20.1 Å². The van der Waals surface area contributed by atoms with Crippen LogP contribution in [0.4, 0.5) is 5.69 Å². The van der Waals surface area contributed by atoms with Gasteiger partial charge in [-0.05, 0) is 32.0 Å².